The van der Waals surface area contributed by atoms with Gasteiger partial charge in [0.05, 0.1) is 0 Å². The monoisotopic (exact) mass is 176 g/mol. The van der Waals surface area contributed by atoms with E-state index in [1.165, 1.54) is 12.8 Å². The van der Waals surface area contributed by atoms with E-state index in [1.54, 1.807) is 19.2 Å². The summed E-state index contributed by atoms with van der Waals surface area (Å²) in [5.41, 5.74) is 0.569. The molecular formula is C10H12N2O. The van der Waals surface area contributed by atoms with Gasteiger partial charge in [-0.05, 0) is 31.7 Å². The van der Waals surface area contributed by atoms with Crippen molar-refractivity contribution in [3.63, 3.8) is 0 Å². The Kier molecular flexibility index (Phi) is 2.08. The molecule has 3 nitrogen and oxygen atoms in total. The molecule has 0 unspecified atom stereocenters. The molecule has 1 aromatic heterocycles. The molecule has 0 radical (unpaired) electrons. The van der Waals surface area contributed by atoms with Crippen LogP contribution in [-0.4, -0.2) is 15.8 Å². The standard InChI is InChI=1S/C10H12N2O/c1-7-11-5-4-9(12-7)10(13)6-8-2-3-8/h4-5,8H,2-3,6H2,1H3. The van der Waals surface area contributed by atoms with E-state index in [-0.39, 0.29) is 5.78 Å². The topological polar surface area (TPSA) is 42.9 Å². The average Bonchev–Trinajstić information content (AvgIpc) is 2.88. The lowest BCUT2D eigenvalue weighted by Crippen LogP contribution is -2.04. The zero-order valence-electron chi connectivity index (χ0n) is 7.66. The molecule has 1 saturated carbocycles. The number of Topliss-reactive ketones (excluding diaryl/α,β-unsaturated/α-hetero) is 1. The van der Waals surface area contributed by atoms with Crippen LogP contribution in [-0.2, 0) is 0 Å². The maximum Gasteiger partial charge on any atom is 0.181 e. The predicted molar refractivity (Wildman–Crippen MR) is 48.4 cm³/mol. The third-order valence-electron chi connectivity index (χ3n) is 2.23. The number of aromatic nitrogens is 2. The first-order chi connectivity index (χ1) is 6.25. The number of rotatable bonds is 3. The molecule has 1 aliphatic carbocycles. The highest BCUT2D eigenvalue weighted by Gasteiger charge is 2.25. The second-order valence-electron chi connectivity index (χ2n) is 3.56. The summed E-state index contributed by atoms with van der Waals surface area (Å²) in [5, 5.41) is 0. The molecule has 0 bridgehead atoms. The first kappa shape index (κ1) is 8.35. The molecule has 0 spiro atoms. The highest BCUT2D eigenvalue weighted by molar-refractivity contribution is 5.94. The second kappa shape index (κ2) is 3.24. The summed E-state index contributed by atoms with van der Waals surface area (Å²) in [5.74, 6) is 1.46. The van der Waals surface area contributed by atoms with Gasteiger partial charge >= 0.3 is 0 Å². The van der Waals surface area contributed by atoms with Crippen LogP contribution in [0.1, 0.15) is 35.6 Å². The molecule has 0 N–H and O–H groups in total. The zero-order valence-corrected chi connectivity index (χ0v) is 7.66. The highest BCUT2D eigenvalue weighted by Crippen LogP contribution is 2.33. The number of hydrogen-bond donors (Lipinski definition) is 0. The number of ketones is 1. The lowest BCUT2D eigenvalue weighted by molar-refractivity contribution is 0.0971. The first-order valence-electron chi connectivity index (χ1n) is 4.58. The van der Waals surface area contributed by atoms with Gasteiger partial charge in [0.2, 0.25) is 0 Å². The van der Waals surface area contributed by atoms with Crippen LogP contribution in [0.25, 0.3) is 0 Å². The molecule has 2 rings (SSSR count). The van der Waals surface area contributed by atoms with Crippen LogP contribution in [0.5, 0.6) is 0 Å². The van der Waals surface area contributed by atoms with Crippen molar-refractivity contribution >= 4 is 5.78 Å². The molecule has 1 fully saturated rings. The normalized spacial score (nSPS) is 15.8. The van der Waals surface area contributed by atoms with Gasteiger partial charge in [-0.3, -0.25) is 4.79 Å². The van der Waals surface area contributed by atoms with Crippen molar-refractivity contribution in [1.82, 2.24) is 9.97 Å². The fraction of sp³-hybridized carbons (Fsp3) is 0.500. The van der Waals surface area contributed by atoms with Crippen LogP contribution < -0.4 is 0 Å². The number of aryl methyl sites for hydroxylation is 1. The molecule has 0 atom stereocenters. The molecule has 0 aromatic carbocycles. The molecule has 68 valence electrons. The quantitative estimate of drug-likeness (QED) is 0.659. The Hall–Kier alpha value is -1.25. The van der Waals surface area contributed by atoms with Crippen molar-refractivity contribution in [3.8, 4) is 0 Å². The van der Waals surface area contributed by atoms with Gasteiger partial charge in [0.15, 0.2) is 5.78 Å². The van der Waals surface area contributed by atoms with E-state index in [4.69, 9.17) is 0 Å². The molecule has 0 saturated heterocycles. The van der Waals surface area contributed by atoms with E-state index >= 15 is 0 Å². The van der Waals surface area contributed by atoms with Crippen LogP contribution >= 0.6 is 0 Å². The minimum atomic E-state index is 0.160. The summed E-state index contributed by atoms with van der Waals surface area (Å²) in [6.07, 6.45) is 4.71. The Morgan fingerprint density at radius 2 is 2.38 bits per heavy atom. The Balaban J connectivity index is 2.09. The van der Waals surface area contributed by atoms with Gasteiger partial charge < -0.3 is 0 Å². The van der Waals surface area contributed by atoms with Crippen LogP contribution in [0.4, 0.5) is 0 Å². The van der Waals surface area contributed by atoms with Gasteiger partial charge in [-0.25, -0.2) is 9.97 Å². The largest absolute Gasteiger partial charge is 0.292 e. The minimum absolute atomic E-state index is 0.160. The summed E-state index contributed by atoms with van der Waals surface area (Å²) in [7, 11) is 0. The fourth-order valence-corrected chi connectivity index (χ4v) is 1.30. The molecule has 3 heteroatoms. The van der Waals surface area contributed by atoms with Gasteiger partial charge in [0, 0.05) is 12.6 Å². The third kappa shape index (κ3) is 2.11. The molecule has 0 amide bonds. The summed E-state index contributed by atoms with van der Waals surface area (Å²) in [4.78, 5) is 19.6. The minimum Gasteiger partial charge on any atom is -0.292 e. The SMILES string of the molecule is Cc1nccc(C(=O)CC2CC2)n1. The molecular weight excluding hydrogens is 164 g/mol. The van der Waals surface area contributed by atoms with Crippen molar-refractivity contribution < 1.29 is 4.79 Å². The van der Waals surface area contributed by atoms with Gasteiger partial charge in [-0.15, -0.1) is 0 Å². The molecule has 13 heavy (non-hydrogen) atoms. The highest BCUT2D eigenvalue weighted by atomic mass is 16.1. The molecule has 1 aliphatic rings. The van der Waals surface area contributed by atoms with Crippen molar-refractivity contribution in [2.45, 2.75) is 26.2 Å². The van der Waals surface area contributed by atoms with Gasteiger partial charge in [0.25, 0.3) is 0 Å². The van der Waals surface area contributed by atoms with E-state index in [9.17, 15) is 4.79 Å². The lowest BCUT2D eigenvalue weighted by atomic mass is 10.1. The zero-order chi connectivity index (χ0) is 9.26. The Morgan fingerprint density at radius 3 is 3.00 bits per heavy atom. The Labute approximate surface area is 77.2 Å². The number of nitrogens with zero attached hydrogens (tertiary/aromatic N) is 2. The van der Waals surface area contributed by atoms with E-state index in [1.807, 2.05) is 0 Å². The van der Waals surface area contributed by atoms with Crippen LogP contribution in [0, 0.1) is 12.8 Å². The smallest absolute Gasteiger partial charge is 0.181 e. The van der Waals surface area contributed by atoms with Crippen LogP contribution in [0.3, 0.4) is 0 Å². The van der Waals surface area contributed by atoms with E-state index in [0.717, 1.165) is 0 Å². The molecule has 0 aliphatic heterocycles. The molecule has 1 aromatic rings. The summed E-state index contributed by atoms with van der Waals surface area (Å²) in [6.45, 7) is 1.80. The van der Waals surface area contributed by atoms with Crippen LogP contribution in [0.2, 0.25) is 0 Å². The Bertz CT molecular complexity index is 331. The number of carbonyl (C=O) groups is 1. The summed E-state index contributed by atoms with van der Waals surface area (Å²) >= 11 is 0. The second-order valence-corrected chi connectivity index (χ2v) is 3.56. The predicted octanol–water partition coefficient (Wildman–Crippen LogP) is 1.77. The first-order valence-corrected chi connectivity index (χ1v) is 4.58. The third-order valence-corrected chi connectivity index (χ3v) is 2.23. The number of carbonyl (C=O) groups excluding carboxylic acids is 1. The van der Waals surface area contributed by atoms with Crippen molar-refractivity contribution in [1.29, 1.82) is 0 Å². The maximum absolute atomic E-state index is 11.6. The average molecular weight is 176 g/mol. The van der Waals surface area contributed by atoms with Crippen LogP contribution in [0.15, 0.2) is 12.3 Å². The Morgan fingerprint density at radius 1 is 1.62 bits per heavy atom. The van der Waals surface area contributed by atoms with E-state index in [2.05, 4.69) is 9.97 Å². The van der Waals surface area contributed by atoms with E-state index in [0.29, 0.717) is 23.9 Å². The maximum atomic E-state index is 11.6. The summed E-state index contributed by atoms with van der Waals surface area (Å²) in [6, 6.07) is 1.69. The van der Waals surface area contributed by atoms with Crippen molar-refractivity contribution in [2.24, 2.45) is 5.92 Å². The van der Waals surface area contributed by atoms with Crippen molar-refractivity contribution in [3.05, 3.63) is 23.8 Å². The van der Waals surface area contributed by atoms with Gasteiger partial charge in [-0.2, -0.15) is 0 Å². The van der Waals surface area contributed by atoms with E-state index < -0.39 is 0 Å². The van der Waals surface area contributed by atoms with Gasteiger partial charge in [-0.1, -0.05) is 0 Å². The van der Waals surface area contributed by atoms with Gasteiger partial charge in [0.1, 0.15) is 11.5 Å². The summed E-state index contributed by atoms with van der Waals surface area (Å²) < 4.78 is 0. The lowest BCUT2D eigenvalue weighted by Gasteiger charge is -1.98. The molecule has 1 heterocycles. The number of hydrogen-bond acceptors (Lipinski definition) is 3. The van der Waals surface area contributed by atoms with Crippen molar-refractivity contribution in [2.75, 3.05) is 0 Å². The fourth-order valence-electron chi connectivity index (χ4n) is 1.30.